The van der Waals surface area contributed by atoms with E-state index in [1.807, 2.05) is 25.2 Å². The summed E-state index contributed by atoms with van der Waals surface area (Å²) in [6.45, 7) is 0.908. The number of nitrogens with one attached hydrogen (secondary N) is 2. The highest BCUT2D eigenvalue weighted by atomic mass is 16.5. The minimum Gasteiger partial charge on any atom is -0.497 e. The number of guanidine groups is 1. The van der Waals surface area contributed by atoms with Gasteiger partial charge in [0.15, 0.2) is 5.96 Å². The largest absolute Gasteiger partial charge is 0.497 e. The number of rotatable bonds is 4. The fraction of sp³-hybridized carbons (Fsp3) is 0.438. The SMILES string of the molecule is CN=C(NC)N[C@@H]1C=CN(c2cc(OC)cc(OC)c2)CC1. The molecule has 120 valence electrons. The molecule has 0 fully saturated rings. The van der Waals surface area contributed by atoms with Crippen molar-refractivity contribution in [2.24, 2.45) is 4.99 Å². The summed E-state index contributed by atoms with van der Waals surface area (Å²) in [5.41, 5.74) is 1.06. The van der Waals surface area contributed by atoms with E-state index in [9.17, 15) is 0 Å². The molecule has 0 bridgehead atoms. The zero-order chi connectivity index (χ0) is 15.9. The first kappa shape index (κ1) is 16.0. The van der Waals surface area contributed by atoms with Gasteiger partial charge in [0.25, 0.3) is 0 Å². The Morgan fingerprint density at radius 2 is 1.91 bits per heavy atom. The van der Waals surface area contributed by atoms with Gasteiger partial charge in [-0.1, -0.05) is 0 Å². The zero-order valence-corrected chi connectivity index (χ0v) is 13.6. The summed E-state index contributed by atoms with van der Waals surface area (Å²) in [6.07, 6.45) is 5.20. The maximum absolute atomic E-state index is 5.32. The van der Waals surface area contributed by atoms with Crippen LogP contribution >= 0.6 is 0 Å². The van der Waals surface area contributed by atoms with Gasteiger partial charge in [0.1, 0.15) is 11.5 Å². The van der Waals surface area contributed by atoms with Gasteiger partial charge >= 0.3 is 0 Å². The molecule has 0 radical (unpaired) electrons. The standard InChI is InChI=1S/C16H24N4O2/c1-17-16(18-2)19-12-5-7-20(8-6-12)13-9-14(21-3)11-15(10-13)22-4/h5,7,9-12H,6,8H2,1-4H3,(H2,17,18,19)/t12-/m1/s1. The minimum atomic E-state index is 0.273. The second kappa shape index (κ2) is 7.59. The van der Waals surface area contributed by atoms with E-state index in [0.717, 1.165) is 36.1 Å². The van der Waals surface area contributed by atoms with E-state index >= 15 is 0 Å². The summed E-state index contributed by atoms with van der Waals surface area (Å²) >= 11 is 0. The molecule has 2 rings (SSSR count). The van der Waals surface area contributed by atoms with Crippen LogP contribution < -0.4 is 25.0 Å². The number of anilines is 1. The molecule has 1 atom stereocenters. The molecule has 1 heterocycles. The molecule has 6 heteroatoms. The van der Waals surface area contributed by atoms with Crippen LogP contribution in [0.3, 0.4) is 0 Å². The number of benzene rings is 1. The summed E-state index contributed by atoms with van der Waals surface area (Å²) in [5.74, 6) is 2.38. The molecular weight excluding hydrogens is 280 g/mol. The number of aliphatic imine (C=N–C) groups is 1. The summed E-state index contributed by atoms with van der Waals surface area (Å²) in [5, 5.41) is 6.38. The predicted octanol–water partition coefficient (Wildman–Crippen LogP) is 1.59. The van der Waals surface area contributed by atoms with E-state index in [1.165, 1.54) is 0 Å². The van der Waals surface area contributed by atoms with Crippen LogP contribution in [0.2, 0.25) is 0 Å². The van der Waals surface area contributed by atoms with Crippen LogP contribution in [-0.2, 0) is 0 Å². The third-order valence-electron chi connectivity index (χ3n) is 3.63. The van der Waals surface area contributed by atoms with E-state index in [1.54, 1.807) is 21.3 Å². The van der Waals surface area contributed by atoms with Crippen molar-refractivity contribution in [2.45, 2.75) is 12.5 Å². The van der Waals surface area contributed by atoms with Crippen LogP contribution in [0.5, 0.6) is 11.5 Å². The Balaban J connectivity index is 2.09. The van der Waals surface area contributed by atoms with Gasteiger partial charge in [0.2, 0.25) is 0 Å². The van der Waals surface area contributed by atoms with Crippen LogP contribution in [0, 0.1) is 0 Å². The van der Waals surface area contributed by atoms with Gasteiger partial charge in [-0.3, -0.25) is 4.99 Å². The van der Waals surface area contributed by atoms with Crippen LogP contribution in [0.1, 0.15) is 6.42 Å². The molecule has 22 heavy (non-hydrogen) atoms. The fourth-order valence-electron chi connectivity index (χ4n) is 2.37. The van der Waals surface area contributed by atoms with E-state index in [-0.39, 0.29) is 6.04 Å². The molecule has 0 saturated heterocycles. The first-order valence-electron chi connectivity index (χ1n) is 7.29. The van der Waals surface area contributed by atoms with Gasteiger partial charge < -0.3 is 25.0 Å². The minimum absolute atomic E-state index is 0.273. The van der Waals surface area contributed by atoms with Gasteiger partial charge in [-0.15, -0.1) is 0 Å². The third-order valence-corrected chi connectivity index (χ3v) is 3.63. The van der Waals surface area contributed by atoms with Crippen LogP contribution in [-0.4, -0.2) is 46.9 Å². The normalized spacial score (nSPS) is 18.1. The lowest BCUT2D eigenvalue weighted by Gasteiger charge is -2.29. The average Bonchev–Trinajstić information content (AvgIpc) is 2.59. The number of hydrogen-bond donors (Lipinski definition) is 2. The topological polar surface area (TPSA) is 58.1 Å². The predicted molar refractivity (Wildman–Crippen MR) is 90.0 cm³/mol. The first-order chi connectivity index (χ1) is 10.7. The summed E-state index contributed by atoms with van der Waals surface area (Å²) in [6, 6.07) is 6.16. The number of nitrogens with zero attached hydrogens (tertiary/aromatic N) is 2. The molecule has 1 aromatic rings. The highest BCUT2D eigenvalue weighted by Crippen LogP contribution is 2.29. The van der Waals surface area contributed by atoms with E-state index in [2.05, 4.69) is 32.8 Å². The monoisotopic (exact) mass is 304 g/mol. The Hall–Kier alpha value is -2.37. The molecule has 1 aromatic carbocycles. The Kier molecular flexibility index (Phi) is 5.52. The van der Waals surface area contributed by atoms with Crippen LogP contribution in [0.4, 0.5) is 5.69 Å². The summed E-state index contributed by atoms with van der Waals surface area (Å²) in [4.78, 5) is 6.32. The lowest BCUT2D eigenvalue weighted by atomic mass is 10.1. The van der Waals surface area contributed by atoms with Crippen LogP contribution in [0.25, 0.3) is 0 Å². The van der Waals surface area contributed by atoms with Crippen molar-refractivity contribution < 1.29 is 9.47 Å². The van der Waals surface area contributed by atoms with Crippen LogP contribution in [0.15, 0.2) is 35.5 Å². The molecule has 0 aromatic heterocycles. The average molecular weight is 304 g/mol. The quantitative estimate of drug-likeness (QED) is 0.653. The molecule has 2 N–H and O–H groups in total. The smallest absolute Gasteiger partial charge is 0.191 e. The third kappa shape index (κ3) is 3.84. The highest BCUT2D eigenvalue weighted by Gasteiger charge is 2.16. The van der Waals surface area contributed by atoms with Crippen molar-refractivity contribution in [3.05, 3.63) is 30.5 Å². The van der Waals surface area contributed by atoms with Gasteiger partial charge in [-0.2, -0.15) is 0 Å². The lowest BCUT2D eigenvalue weighted by molar-refractivity contribution is 0.394. The molecule has 1 aliphatic rings. The van der Waals surface area contributed by atoms with E-state index in [0.29, 0.717) is 0 Å². The van der Waals surface area contributed by atoms with Gasteiger partial charge in [-0.25, -0.2) is 0 Å². The molecule has 0 saturated carbocycles. The van der Waals surface area contributed by atoms with Crippen molar-refractivity contribution in [2.75, 3.05) is 39.8 Å². The summed E-state index contributed by atoms with van der Waals surface area (Å²) < 4.78 is 10.6. The Morgan fingerprint density at radius 1 is 1.23 bits per heavy atom. The van der Waals surface area contributed by atoms with Crippen molar-refractivity contribution in [3.63, 3.8) is 0 Å². The Bertz CT molecular complexity index is 535. The highest BCUT2D eigenvalue weighted by molar-refractivity contribution is 5.79. The first-order valence-corrected chi connectivity index (χ1v) is 7.29. The number of ether oxygens (including phenoxy) is 2. The molecule has 0 spiro atoms. The molecule has 1 aliphatic heterocycles. The van der Waals surface area contributed by atoms with Gasteiger partial charge in [0, 0.05) is 50.7 Å². The Labute approximate surface area is 131 Å². The van der Waals surface area contributed by atoms with Crippen molar-refractivity contribution >= 4 is 11.6 Å². The molecule has 6 nitrogen and oxygen atoms in total. The molecular formula is C16H24N4O2. The Morgan fingerprint density at radius 3 is 2.36 bits per heavy atom. The van der Waals surface area contributed by atoms with Gasteiger partial charge in [-0.05, 0) is 12.5 Å². The lowest BCUT2D eigenvalue weighted by Crippen LogP contribution is -2.44. The molecule has 0 aliphatic carbocycles. The maximum Gasteiger partial charge on any atom is 0.191 e. The summed E-state index contributed by atoms with van der Waals surface area (Å²) in [7, 11) is 6.94. The van der Waals surface area contributed by atoms with E-state index in [4.69, 9.17) is 9.47 Å². The van der Waals surface area contributed by atoms with Crippen molar-refractivity contribution in [1.82, 2.24) is 10.6 Å². The molecule has 0 unspecified atom stereocenters. The maximum atomic E-state index is 5.32. The number of hydrogen-bond acceptors (Lipinski definition) is 4. The second-order valence-electron chi connectivity index (χ2n) is 4.97. The molecule has 0 amide bonds. The fourth-order valence-corrected chi connectivity index (χ4v) is 2.37. The number of methoxy groups -OCH3 is 2. The van der Waals surface area contributed by atoms with E-state index < -0.39 is 0 Å². The van der Waals surface area contributed by atoms with Crippen molar-refractivity contribution in [3.8, 4) is 11.5 Å². The van der Waals surface area contributed by atoms with Crippen molar-refractivity contribution in [1.29, 1.82) is 0 Å². The zero-order valence-electron chi connectivity index (χ0n) is 13.6. The van der Waals surface area contributed by atoms with Gasteiger partial charge in [0.05, 0.1) is 20.3 Å². The second-order valence-corrected chi connectivity index (χ2v) is 4.97.